The summed E-state index contributed by atoms with van der Waals surface area (Å²) in [6, 6.07) is 2.10. The Kier molecular flexibility index (Phi) is 6.68. The zero-order chi connectivity index (χ0) is 7.82. The second-order valence-corrected chi connectivity index (χ2v) is 2.27. The molecule has 0 aliphatic rings. The smallest absolute Gasteiger partial charge is 0.0669 e. The maximum absolute atomic E-state index is 8.44. The van der Waals surface area contributed by atoms with Gasteiger partial charge in [-0.15, -0.1) is 11.6 Å². The molecule has 0 saturated heterocycles. The summed E-state index contributed by atoms with van der Waals surface area (Å²) < 4.78 is 5.06. The van der Waals surface area contributed by atoms with Crippen molar-refractivity contribution in [2.45, 2.75) is 13.3 Å². The van der Waals surface area contributed by atoms with Crippen LogP contribution in [0.3, 0.4) is 0 Å². The molecule has 0 aliphatic carbocycles. The maximum Gasteiger partial charge on any atom is 0.0669 e. The van der Waals surface area contributed by atoms with Gasteiger partial charge in [-0.25, -0.2) is 0 Å². The molecule has 1 atom stereocenters. The molecule has 10 heavy (non-hydrogen) atoms. The van der Waals surface area contributed by atoms with Crippen LogP contribution in [0.4, 0.5) is 0 Å². The minimum atomic E-state index is -0.0479. The van der Waals surface area contributed by atoms with Gasteiger partial charge in [0.15, 0.2) is 0 Å². The van der Waals surface area contributed by atoms with Crippen LogP contribution in [0.5, 0.6) is 0 Å². The second-order valence-electron chi connectivity index (χ2n) is 1.97. The molecule has 0 rings (SSSR count). The predicted molar refractivity (Wildman–Crippen MR) is 40.9 cm³/mol. The van der Waals surface area contributed by atoms with Crippen LogP contribution in [0.25, 0.3) is 0 Å². The molecule has 0 aromatic heterocycles. The highest BCUT2D eigenvalue weighted by Gasteiger charge is 2.03. The Morgan fingerprint density at radius 2 is 2.40 bits per heavy atom. The molecule has 0 fully saturated rings. The lowest BCUT2D eigenvalue weighted by atomic mass is 10.1. The van der Waals surface area contributed by atoms with Crippen molar-refractivity contribution in [3.8, 4) is 6.07 Å². The third-order valence-corrected chi connectivity index (χ3v) is 1.56. The number of hydrogen-bond donors (Lipinski definition) is 0. The minimum Gasteiger partial charge on any atom is -0.382 e. The molecule has 0 spiro atoms. The van der Waals surface area contributed by atoms with Crippen LogP contribution in [-0.2, 0) is 4.74 Å². The minimum absolute atomic E-state index is 0.0479. The van der Waals surface area contributed by atoms with Crippen LogP contribution >= 0.6 is 11.6 Å². The van der Waals surface area contributed by atoms with Crippen molar-refractivity contribution in [2.24, 2.45) is 5.92 Å². The van der Waals surface area contributed by atoms with Crippen molar-refractivity contribution in [3.05, 3.63) is 0 Å². The van der Waals surface area contributed by atoms with Crippen molar-refractivity contribution >= 4 is 11.6 Å². The lowest BCUT2D eigenvalue weighted by molar-refractivity contribution is 0.139. The van der Waals surface area contributed by atoms with Gasteiger partial charge in [0.1, 0.15) is 0 Å². The van der Waals surface area contributed by atoms with Gasteiger partial charge in [0, 0.05) is 19.1 Å². The molecule has 58 valence electrons. The zero-order valence-electron chi connectivity index (χ0n) is 6.14. The molecule has 0 heterocycles. The Bertz CT molecular complexity index is 111. The average Bonchev–Trinajstić information content (AvgIpc) is 1.99. The van der Waals surface area contributed by atoms with Gasteiger partial charge in [0.05, 0.1) is 12.0 Å². The van der Waals surface area contributed by atoms with Gasteiger partial charge in [-0.1, -0.05) is 0 Å². The summed E-state index contributed by atoms with van der Waals surface area (Å²) in [5, 5.41) is 8.44. The number of halogens is 1. The first-order chi connectivity index (χ1) is 4.85. The monoisotopic (exact) mass is 161 g/mol. The highest BCUT2D eigenvalue weighted by Crippen LogP contribution is 2.03. The molecule has 0 saturated carbocycles. The molecule has 0 aromatic carbocycles. The van der Waals surface area contributed by atoms with Crippen LogP contribution in [0.2, 0.25) is 0 Å². The van der Waals surface area contributed by atoms with Crippen LogP contribution in [-0.4, -0.2) is 19.1 Å². The molecule has 0 radical (unpaired) electrons. The van der Waals surface area contributed by atoms with E-state index in [9.17, 15) is 0 Å². The largest absolute Gasteiger partial charge is 0.382 e. The van der Waals surface area contributed by atoms with Crippen molar-refractivity contribution < 1.29 is 4.74 Å². The number of rotatable bonds is 5. The fourth-order valence-corrected chi connectivity index (χ4v) is 0.769. The van der Waals surface area contributed by atoms with Crippen LogP contribution in [0, 0.1) is 17.2 Å². The fraction of sp³-hybridized carbons (Fsp3) is 0.857. The molecule has 0 N–H and O–H groups in total. The second kappa shape index (κ2) is 6.85. The van der Waals surface area contributed by atoms with Gasteiger partial charge in [-0.3, -0.25) is 0 Å². The Balaban J connectivity index is 3.20. The lowest BCUT2D eigenvalue weighted by Gasteiger charge is -2.03. The van der Waals surface area contributed by atoms with Crippen molar-refractivity contribution in [1.82, 2.24) is 0 Å². The summed E-state index contributed by atoms with van der Waals surface area (Å²) >= 11 is 5.47. The lowest BCUT2D eigenvalue weighted by Crippen LogP contribution is -2.04. The van der Waals surface area contributed by atoms with E-state index in [2.05, 4.69) is 6.07 Å². The summed E-state index contributed by atoms with van der Waals surface area (Å²) in [4.78, 5) is 0. The molecule has 0 amide bonds. The van der Waals surface area contributed by atoms with Crippen LogP contribution in [0.15, 0.2) is 0 Å². The summed E-state index contributed by atoms with van der Waals surface area (Å²) in [7, 11) is 0. The Hall–Kier alpha value is -0.260. The summed E-state index contributed by atoms with van der Waals surface area (Å²) in [5.41, 5.74) is 0. The molecule has 0 bridgehead atoms. The van der Waals surface area contributed by atoms with Gasteiger partial charge < -0.3 is 4.74 Å². The molecule has 2 nitrogen and oxygen atoms in total. The first kappa shape index (κ1) is 9.74. The third-order valence-electron chi connectivity index (χ3n) is 1.18. The number of hydrogen-bond acceptors (Lipinski definition) is 2. The Labute approximate surface area is 66.7 Å². The van der Waals surface area contributed by atoms with E-state index in [1.54, 1.807) is 0 Å². The first-order valence-electron chi connectivity index (χ1n) is 3.38. The fourth-order valence-electron chi connectivity index (χ4n) is 0.546. The predicted octanol–water partition coefficient (Wildman–Crippen LogP) is 1.79. The van der Waals surface area contributed by atoms with Gasteiger partial charge >= 0.3 is 0 Å². The maximum atomic E-state index is 8.44. The normalized spacial score (nSPS) is 12.5. The highest BCUT2D eigenvalue weighted by molar-refractivity contribution is 6.18. The quantitative estimate of drug-likeness (QED) is 0.455. The molecule has 0 aromatic rings. The summed E-state index contributed by atoms with van der Waals surface area (Å²) in [6.45, 7) is 3.28. The SMILES string of the molecule is CCOCCC(C#N)CCl. The van der Waals surface area contributed by atoms with E-state index in [-0.39, 0.29) is 5.92 Å². The number of nitriles is 1. The van der Waals surface area contributed by atoms with E-state index in [0.29, 0.717) is 19.1 Å². The van der Waals surface area contributed by atoms with Crippen molar-refractivity contribution in [1.29, 1.82) is 5.26 Å². The molecule has 1 unspecified atom stereocenters. The van der Waals surface area contributed by atoms with Gasteiger partial charge in [0.2, 0.25) is 0 Å². The van der Waals surface area contributed by atoms with Gasteiger partial charge in [-0.05, 0) is 13.3 Å². The van der Waals surface area contributed by atoms with E-state index in [1.807, 2.05) is 6.92 Å². The summed E-state index contributed by atoms with van der Waals surface area (Å²) in [6.07, 6.45) is 0.744. The molecule has 0 aliphatic heterocycles. The van der Waals surface area contributed by atoms with E-state index in [0.717, 1.165) is 6.42 Å². The third kappa shape index (κ3) is 4.60. The highest BCUT2D eigenvalue weighted by atomic mass is 35.5. The van der Waals surface area contributed by atoms with Gasteiger partial charge in [0.25, 0.3) is 0 Å². The molecular formula is C7H12ClNO. The topological polar surface area (TPSA) is 33.0 Å². The van der Waals surface area contributed by atoms with E-state index < -0.39 is 0 Å². The van der Waals surface area contributed by atoms with Crippen LogP contribution in [0.1, 0.15) is 13.3 Å². The summed E-state index contributed by atoms with van der Waals surface area (Å²) in [5.74, 6) is 0.358. The molecular weight excluding hydrogens is 150 g/mol. The standard InChI is InChI=1S/C7H12ClNO/c1-2-10-4-3-7(5-8)6-9/h7H,2-5H2,1H3. The van der Waals surface area contributed by atoms with E-state index in [4.69, 9.17) is 21.6 Å². The van der Waals surface area contributed by atoms with Crippen molar-refractivity contribution in [3.63, 3.8) is 0 Å². The van der Waals surface area contributed by atoms with E-state index in [1.165, 1.54) is 0 Å². The zero-order valence-corrected chi connectivity index (χ0v) is 6.90. The number of nitrogens with zero attached hydrogens (tertiary/aromatic N) is 1. The molecule has 3 heteroatoms. The Morgan fingerprint density at radius 1 is 1.70 bits per heavy atom. The first-order valence-corrected chi connectivity index (χ1v) is 3.92. The van der Waals surface area contributed by atoms with Crippen molar-refractivity contribution in [2.75, 3.05) is 19.1 Å². The van der Waals surface area contributed by atoms with Gasteiger partial charge in [-0.2, -0.15) is 5.26 Å². The van der Waals surface area contributed by atoms with E-state index >= 15 is 0 Å². The number of alkyl halides is 1. The van der Waals surface area contributed by atoms with Crippen LogP contribution < -0.4 is 0 Å². The Morgan fingerprint density at radius 3 is 2.80 bits per heavy atom. The number of ether oxygens (including phenoxy) is 1. The average molecular weight is 162 g/mol.